The molecular weight excluding hydrogens is 569 g/mol. The number of anilines is 1. The van der Waals surface area contributed by atoms with Crippen molar-refractivity contribution in [3.63, 3.8) is 0 Å². The van der Waals surface area contributed by atoms with Crippen molar-refractivity contribution in [1.82, 2.24) is 35.9 Å². The molecular formula is C28H29F3N8O4. The molecule has 0 aliphatic carbocycles. The van der Waals surface area contributed by atoms with E-state index in [0.717, 1.165) is 35.0 Å². The molecule has 0 amide bonds. The largest absolute Gasteiger partial charge is 0.573 e. The summed E-state index contributed by atoms with van der Waals surface area (Å²) < 4.78 is 53.8. The highest BCUT2D eigenvalue weighted by Gasteiger charge is 2.31. The lowest BCUT2D eigenvalue weighted by atomic mass is 10.1. The Morgan fingerprint density at radius 1 is 0.814 bits per heavy atom. The molecule has 15 heteroatoms. The number of benzene rings is 2. The van der Waals surface area contributed by atoms with Gasteiger partial charge < -0.3 is 24.8 Å². The predicted molar refractivity (Wildman–Crippen MR) is 152 cm³/mol. The molecule has 5 rings (SSSR count). The lowest BCUT2D eigenvalue weighted by Gasteiger charge is -2.13. The molecule has 0 saturated carbocycles. The smallest absolute Gasteiger partial charge is 0.454 e. The molecule has 0 aliphatic heterocycles. The number of nitrogens with one attached hydrogen (secondary N) is 5. The van der Waals surface area contributed by atoms with E-state index >= 15 is 0 Å². The molecule has 226 valence electrons. The Bertz CT molecular complexity index is 1670. The van der Waals surface area contributed by atoms with Crippen LogP contribution in [0.15, 0.2) is 66.0 Å². The molecule has 0 atom stereocenters. The molecule has 0 aliphatic rings. The quantitative estimate of drug-likeness (QED) is 0.108. The minimum atomic E-state index is -4.81. The number of aromatic nitrogens is 6. The van der Waals surface area contributed by atoms with Crippen molar-refractivity contribution in [2.24, 2.45) is 0 Å². The molecule has 0 unspecified atom stereocenters. The van der Waals surface area contributed by atoms with Crippen molar-refractivity contribution < 1.29 is 27.4 Å². The summed E-state index contributed by atoms with van der Waals surface area (Å²) in [7, 11) is 0. The fourth-order valence-electron chi connectivity index (χ4n) is 4.36. The molecule has 12 nitrogen and oxygen atoms in total. The molecule has 0 spiro atoms. The van der Waals surface area contributed by atoms with E-state index in [2.05, 4.69) is 46.0 Å². The van der Waals surface area contributed by atoms with Gasteiger partial charge >= 0.3 is 6.36 Å². The number of nitrogens with zero attached hydrogens (tertiary/aromatic N) is 3. The second kappa shape index (κ2) is 13.8. The zero-order valence-electron chi connectivity index (χ0n) is 22.8. The second-order valence-corrected chi connectivity index (χ2v) is 9.51. The number of alkyl halides is 3. The highest BCUT2D eigenvalue weighted by molar-refractivity contribution is 5.95. The highest BCUT2D eigenvalue weighted by atomic mass is 19.4. The third-order valence-electron chi connectivity index (χ3n) is 6.22. The molecule has 2 aromatic carbocycles. The van der Waals surface area contributed by atoms with Gasteiger partial charge in [-0.2, -0.15) is 15.3 Å². The van der Waals surface area contributed by atoms with Crippen LogP contribution in [0.4, 0.5) is 18.9 Å². The van der Waals surface area contributed by atoms with Crippen LogP contribution in [0.3, 0.4) is 0 Å². The van der Waals surface area contributed by atoms with Gasteiger partial charge in [-0.15, -0.1) is 13.2 Å². The van der Waals surface area contributed by atoms with Crippen LogP contribution in [0.25, 0.3) is 22.0 Å². The van der Waals surface area contributed by atoms with E-state index in [0.29, 0.717) is 49.7 Å². The molecule has 5 N–H and O–H groups in total. The number of fused-ring (bicyclic) bond motifs is 1. The van der Waals surface area contributed by atoms with Gasteiger partial charge in [-0.1, -0.05) is 0 Å². The van der Waals surface area contributed by atoms with Crippen LogP contribution in [-0.4, -0.2) is 63.3 Å². The molecule has 3 aromatic heterocycles. The number of hydrogen-bond donors (Lipinski definition) is 5. The summed E-state index contributed by atoms with van der Waals surface area (Å²) in [6, 6.07) is 9.48. The molecule has 5 aromatic rings. The van der Waals surface area contributed by atoms with E-state index in [-0.39, 0.29) is 17.1 Å². The van der Waals surface area contributed by atoms with Gasteiger partial charge in [0.05, 0.1) is 36.9 Å². The summed E-state index contributed by atoms with van der Waals surface area (Å²) in [5.74, 6) is 0.207. The summed E-state index contributed by atoms with van der Waals surface area (Å²) >= 11 is 0. The average molecular weight is 599 g/mol. The van der Waals surface area contributed by atoms with Gasteiger partial charge in [-0.05, 0) is 54.8 Å². The monoisotopic (exact) mass is 598 g/mol. The first-order valence-corrected chi connectivity index (χ1v) is 13.4. The SMILES string of the molecule is O=c1cc(-c2cc(NCCOCCCCNCc3cc(Oc4cn[nH]c4)cc(OC(F)(F)F)c3)c3cn[nH]c3c2)cn[nH]1. The molecule has 3 heterocycles. The third-order valence-corrected chi connectivity index (χ3v) is 6.22. The van der Waals surface area contributed by atoms with Gasteiger partial charge in [0.1, 0.15) is 11.5 Å². The lowest BCUT2D eigenvalue weighted by Crippen LogP contribution is -2.18. The van der Waals surface area contributed by atoms with Crippen LogP contribution in [0, 0.1) is 0 Å². The van der Waals surface area contributed by atoms with Gasteiger partial charge in [-0.25, -0.2) is 5.10 Å². The normalized spacial score (nSPS) is 11.6. The molecule has 0 bridgehead atoms. The summed E-state index contributed by atoms with van der Waals surface area (Å²) in [4.78, 5) is 11.7. The molecule has 43 heavy (non-hydrogen) atoms. The third kappa shape index (κ3) is 8.80. The van der Waals surface area contributed by atoms with Crippen LogP contribution >= 0.6 is 0 Å². The summed E-state index contributed by atoms with van der Waals surface area (Å²) in [5.41, 5.74) is 3.50. The first-order valence-electron chi connectivity index (χ1n) is 13.4. The first-order chi connectivity index (χ1) is 20.8. The fourth-order valence-corrected chi connectivity index (χ4v) is 4.36. The molecule has 0 radical (unpaired) electrons. The molecule has 0 saturated heterocycles. The Kier molecular flexibility index (Phi) is 9.53. The zero-order valence-corrected chi connectivity index (χ0v) is 22.8. The predicted octanol–water partition coefficient (Wildman–Crippen LogP) is 4.73. The van der Waals surface area contributed by atoms with Crippen LogP contribution in [0.1, 0.15) is 18.4 Å². The van der Waals surface area contributed by atoms with E-state index < -0.39 is 6.36 Å². The average Bonchev–Trinajstić information content (AvgIpc) is 3.65. The fraction of sp³-hybridized carbons (Fsp3) is 0.286. The Hall–Kier alpha value is -4.89. The van der Waals surface area contributed by atoms with Crippen LogP contribution in [-0.2, 0) is 11.3 Å². The number of unbranched alkanes of at least 4 members (excludes halogenated alkanes) is 1. The van der Waals surface area contributed by atoms with E-state index in [1.165, 1.54) is 30.6 Å². The maximum absolute atomic E-state index is 12.8. The number of halogens is 3. The minimum absolute atomic E-state index is 0.203. The Balaban J connectivity index is 1.03. The van der Waals surface area contributed by atoms with Gasteiger partial charge in [0.2, 0.25) is 0 Å². The van der Waals surface area contributed by atoms with E-state index in [1.807, 2.05) is 12.1 Å². The summed E-state index contributed by atoms with van der Waals surface area (Å²) in [6.45, 7) is 2.58. The minimum Gasteiger partial charge on any atom is -0.454 e. The number of hydrogen-bond acceptors (Lipinski definition) is 9. The Morgan fingerprint density at radius 2 is 1.67 bits per heavy atom. The van der Waals surface area contributed by atoms with E-state index in [1.54, 1.807) is 18.5 Å². The van der Waals surface area contributed by atoms with Crippen molar-refractivity contribution >= 4 is 16.6 Å². The van der Waals surface area contributed by atoms with Gasteiger partial charge in [-0.3, -0.25) is 15.0 Å². The lowest BCUT2D eigenvalue weighted by molar-refractivity contribution is -0.274. The van der Waals surface area contributed by atoms with Crippen LogP contribution < -0.4 is 25.7 Å². The number of ether oxygens (including phenoxy) is 3. The Morgan fingerprint density at radius 3 is 2.49 bits per heavy atom. The number of rotatable bonds is 15. The van der Waals surface area contributed by atoms with Crippen molar-refractivity contribution in [3.8, 4) is 28.4 Å². The van der Waals surface area contributed by atoms with E-state index in [4.69, 9.17) is 9.47 Å². The first kappa shape index (κ1) is 29.6. The maximum atomic E-state index is 12.8. The summed E-state index contributed by atoms with van der Waals surface area (Å²) in [5, 5.41) is 27.2. The zero-order chi connectivity index (χ0) is 30.1. The van der Waals surface area contributed by atoms with Crippen LogP contribution in [0.5, 0.6) is 17.2 Å². The van der Waals surface area contributed by atoms with Crippen molar-refractivity contribution in [3.05, 3.63) is 77.1 Å². The van der Waals surface area contributed by atoms with Gasteiger partial charge in [0.25, 0.3) is 5.56 Å². The summed E-state index contributed by atoms with van der Waals surface area (Å²) in [6.07, 6.45) is 3.02. The topological polar surface area (TPSA) is 155 Å². The van der Waals surface area contributed by atoms with Gasteiger partial charge in [0.15, 0.2) is 5.75 Å². The maximum Gasteiger partial charge on any atom is 0.573 e. The van der Waals surface area contributed by atoms with Gasteiger partial charge in [0, 0.05) is 48.5 Å². The highest BCUT2D eigenvalue weighted by Crippen LogP contribution is 2.31. The number of aromatic amines is 3. The van der Waals surface area contributed by atoms with Crippen LogP contribution in [0.2, 0.25) is 0 Å². The van der Waals surface area contributed by atoms with E-state index in [9.17, 15) is 18.0 Å². The van der Waals surface area contributed by atoms with Crippen molar-refractivity contribution in [2.45, 2.75) is 25.7 Å². The molecule has 0 fully saturated rings. The second-order valence-electron chi connectivity index (χ2n) is 9.51. The standard InChI is InChI=1S/C28H29F3N8O4/c29-28(30,31)43-22-8-18(7-21(12-22)42-23-15-34-35-16-23)13-32-3-1-2-5-41-6-4-33-25-9-19(10-26-24(25)17-37-38-26)20-11-27(40)39-36-14-20/h7-12,14-17,32-33H,1-6,13H2,(H,34,35)(H,37,38)(H,39,40). The van der Waals surface area contributed by atoms with Crippen molar-refractivity contribution in [1.29, 1.82) is 0 Å². The Labute approximate surface area is 243 Å². The van der Waals surface area contributed by atoms with Crippen molar-refractivity contribution in [2.75, 3.05) is 31.6 Å². The number of H-pyrrole nitrogens is 3.